The van der Waals surface area contributed by atoms with Crippen LogP contribution in [0.2, 0.25) is 0 Å². The molecule has 0 nitrogen and oxygen atoms in total. The standard InChI is InChI=1S/3C2H3.Al/c3*1-2;/h3*1H,2H2;/q3*-1;+3. The monoisotopic (exact) mass is 108 g/mol. The molecule has 0 bridgehead atoms. The van der Waals surface area contributed by atoms with Gasteiger partial charge in [-0.2, -0.15) is 0 Å². The van der Waals surface area contributed by atoms with Gasteiger partial charge in [-0.15, -0.1) is 0 Å². The zero-order valence-electron chi connectivity index (χ0n) is 4.43. The molecular formula is C6H9Al. The third kappa shape index (κ3) is 1320. The van der Waals surface area contributed by atoms with Crippen molar-refractivity contribution in [3.63, 3.8) is 0 Å². The quantitative estimate of drug-likeness (QED) is 0.325. The number of hydrogen-bond donors (Lipinski definition) is 0. The fourth-order valence-electron chi connectivity index (χ4n) is 0. The molecule has 0 saturated heterocycles. The summed E-state index contributed by atoms with van der Waals surface area (Å²) in [5.74, 6) is 0. The van der Waals surface area contributed by atoms with Crippen molar-refractivity contribution in [1.29, 1.82) is 0 Å². The smallest absolute Gasteiger partial charge is 0.521 e. The molecule has 0 fully saturated rings. The van der Waals surface area contributed by atoms with Gasteiger partial charge in [0.25, 0.3) is 0 Å². The maximum atomic E-state index is 4.25. The van der Waals surface area contributed by atoms with Crippen molar-refractivity contribution < 1.29 is 0 Å². The Morgan fingerprint density at radius 1 is 0.571 bits per heavy atom. The summed E-state index contributed by atoms with van der Waals surface area (Å²) in [6.45, 7) is 21.0. The Balaban J connectivity index is -0.00000000900. The maximum Gasteiger partial charge on any atom is 3.00 e. The van der Waals surface area contributed by atoms with Crippen LogP contribution >= 0.6 is 0 Å². The van der Waals surface area contributed by atoms with Gasteiger partial charge >= 0.3 is 17.4 Å². The van der Waals surface area contributed by atoms with Gasteiger partial charge in [-0.05, 0) is 0 Å². The van der Waals surface area contributed by atoms with Crippen LogP contribution in [0.3, 0.4) is 0 Å². The largest absolute Gasteiger partial charge is 3.00 e. The molecule has 36 valence electrons. The molecule has 0 N–H and O–H groups in total. The molecule has 1 heteroatoms. The van der Waals surface area contributed by atoms with Crippen LogP contribution in [0.5, 0.6) is 0 Å². The van der Waals surface area contributed by atoms with Crippen molar-refractivity contribution in [1.82, 2.24) is 0 Å². The van der Waals surface area contributed by atoms with Crippen LogP contribution < -0.4 is 0 Å². The molecule has 0 aromatic heterocycles. The van der Waals surface area contributed by atoms with Crippen LogP contribution in [0.1, 0.15) is 0 Å². The molecule has 0 aliphatic carbocycles. The Hall–Kier alpha value is -0.248. The summed E-state index contributed by atoms with van der Waals surface area (Å²) in [5.41, 5.74) is 0. The van der Waals surface area contributed by atoms with Crippen LogP contribution in [-0.2, 0) is 0 Å². The SMILES string of the molecule is [Al+3].[CH-]=C.[CH-]=C.[CH-]=C. The molecule has 0 rings (SSSR count). The minimum absolute atomic E-state index is 0. The molecule has 0 spiro atoms. The van der Waals surface area contributed by atoms with Gasteiger partial charge < -0.3 is 19.7 Å². The maximum absolute atomic E-state index is 4.25. The molecule has 0 aromatic carbocycles. The molecule has 0 saturated carbocycles. The molecule has 0 aliphatic rings. The first-order chi connectivity index (χ1) is 3.00. The second kappa shape index (κ2) is 2120. The molecule has 0 amide bonds. The van der Waals surface area contributed by atoms with Crippen molar-refractivity contribution in [3.8, 4) is 0 Å². The van der Waals surface area contributed by atoms with Gasteiger partial charge in [0.15, 0.2) is 0 Å². The van der Waals surface area contributed by atoms with Crippen LogP contribution in [0.4, 0.5) is 0 Å². The van der Waals surface area contributed by atoms with E-state index in [1.54, 1.807) is 0 Å². The van der Waals surface area contributed by atoms with Crippen LogP contribution in [0, 0.1) is 19.7 Å². The van der Waals surface area contributed by atoms with E-state index in [9.17, 15) is 0 Å². The predicted molar refractivity (Wildman–Crippen MR) is 35.5 cm³/mol. The van der Waals surface area contributed by atoms with Gasteiger partial charge in [-0.3, -0.25) is 19.7 Å². The van der Waals surface area contributed by atoms with Gasteiger partial charge in [0, 0.05) is 0 Å². The third-order valence-corrected chi connectivity index (χ3v) is 0. The summed E-state index contributed by atoms with van der Waals surface area (Å²) in [4.78, 5) is 0. The van der Waals surface area contributed by atoms with E-state index in [1.807, 2.05) is 0 Å². The number of hydrogen-bond acceptors (Lipinski definition) is 0. The average molecular weight is 108 g/mol. The van der Waals surface area contributed by atoms with E-state index in [1.165, 1.54) is 0 Å². The van der Waals surface area contributed by atoms with E-state index >= 15 is 0 Å². The van der Waals surface area contributed by atoms with Crippen LogP contribution in [0.25, 0.3) is 0 Å². The van der Waals surface area contributed by atoms with Gasteiger partial charge in [-0.25, -0.2) is 0 Å². The Morgan fingerprint density at radius 2 is 0.571 bits per heavy atom. The number of rotatable bonds is 0. The predicted octanol–water partition coefficient (Wildman–Crippen LogP) is 1.44. The summed E-state index contributed by atoms with van der Waals surface area (Å²) in [6.07, 6.45) is 0. The summed E-state index contributed by atoms with van der Waals surface area (Å²) < 4.78 is 0. The average Bonchev–Trinajstić information content (AvgIpc) is 1.81. The van der Waals surface area contributed by atoms with Crippen LogP contribution in [0.15, 0.2) is 19.7 Å². The summed E-state index contributed by atoms with van der Waals surface area (Å²) in [7, 11) is 0. The zero-order valence-corrected chi connectivity index (χ0v) is 5.59. The van der Waals surface area contributed by atoms with Crippen molar-refractivity contribution in [2.45, 2.75) is 0 Å². The van der Waals surface area contributed by atoms with E-state index in [2.05, 4.69) is 39.5 Å². The Labute approximate surface area is 57.4 Å². The van der Waals surface area contributed by atoms with Crippen molar-refractivity contribution >= 4 is 17.4 Å². The minimum Gasteiger partial charge on any atom is -0.521 e. The molecular weight excluding hydrogens is 99.0 g/mol. The summed E-state index contributed by atoms with van der Waals surface area (Å²) in [6, 6.07) is 0. The Morgan fingerprint density at radius 3 is 0.571 bits per heavy atom. The van der Waals surface area contributed by atoms with E-state index < -0.39 is 0 Å². The van der Waals surface area contributed by atoms with Crippen molar-refractivity contribution in [2.24, 2.45) is 0 Å². The Kier molecular flexibility index (Phi) is 8930. The van der Waals surface area contributed by atoms with E-state index in [0.29, 0.717) is 0 Å². The first-order valence-electron chi connectivity index (χ1n) is 1.22. The minimum atomic E-state index is 0. The van der Waals surface area contributed by atoms with E-state index in [0.717, 1.165) is 0 Å². The van der Waals surface area contributed by atoms with E-state index in [-0.39, 0.29) is 17.4 Å². The molecule has 0 aromatic rings. The molecule has 0 atom stereocenters. The second-order valence-electron chi connectivity index (χ2n) is 0. The topological polar surface area (TPSA) is 0 Å². The third-order valence-electron chi connectivity index (χ3n) is 0. The van der Waals surface area contributed by atoms with E-state index in [4.69, 9.17) is 0 Å². The molecule has 0 unspecified atom stereocenters. The van der Waals surface area contributed by atoms with Gasteiger partial charge in [0.05, 0.1) is 0 Å². The fourth-order valence-corrected chi connectivity index (χ4v) is 0. The second-order valence-corrected chi connectivity index (χ2v) is 0. The molecule has 0 heterocycles. The fraction of sp³-hybridized carbons (Fsp3) is 0. The van der Waals surface area contributed by atoms with Gasteiger partial charge in [0.2, 0.25) is 0 Å². The first-order valence-corrected chi connectivity index (χ1v) is 1.22. The zero-order chi connectivity index (χ0) is 6.00. The Bertz CT molecular complexity index is 8.90. The molecule has 0 aliphatic heterocycles. The summed E-state index contributed by atoms with van der Waals surface area (Å²) >= 11 is 0. The van der Waals surface area contributed by atoms with Gasteiger partial charge in [0.1, 0.15) is 0 Å². The van der Waals surface area contributed by atoms with Crippen molar-refractivity contribution in [2.75, 3.05) is 0 Å². The normalized spacial score (nSPS) is 1.71. The van der Waals surface area contributed by atoms with Crippen LogP contribution in [-0.4, -0.2) is 17.4 Å². The molecule has 7 heavy (non-hydrogen) atoms. The summed E-state index contributed by atoms with van der Waals surface area (Å²) in [5, 5.41) is 0. The van der Waals surface area contributed by atoms with Gasteiger partial charge in [-0.1, -0.05) is 0 Å². The molecule has 0 radical (unpaired) electrons. The first kappa shape index (κ1) is 29.5. The van der Waals surface area contributed by atoms with Crippen molar-refractivity contribution in [3.05, 3.63) is 39.5 Å².